The molecule has 19 heavy (non-hydrogen) atoms. The first-order chi connectivity index (χ1) is 9.20. The normalized spacial score (nSPS) is 18.3. The summed E-state index contributed by atoms with van der Waals surface area (Å²) in [5, 5.41) is 9.63. The second kappa shape index (κ2) is 6.89. The molecule has 106 valence electrons. The van der Waals surface area contributed by atoms with Crippen molar-refractivity contribution in [3.63, 3.8) is 0 Å². The Morgan fingerprint density at radius 1 is 1.37 bits per heavy atom. The van der Waals surface area contributed by atoms with Crippen molar-refractivity contribution in [2.45, 2.75) is 38.6 Å². The number of hydrogen-bond donors (Lipinski definition) is 1. The largest absolute Gasteiger partial charge is 0.496 e. The van der Waals surface area contributed by atoms with E-state index in [-0.39, 0.29) is 6.10 Å². The van der Waals surface area contributed by atoms with E-state index in [9.17, 15) is 5.11 Å². The summed E-state index contributed by atoms with van der Waals surface area (Å²) in [4.78, 5) is 0. The average Bonchev–Trinajstić information content (AvgIpc) is 2.45. The Kier molecular flexibility index (Phi) is 5.19. The molecular weight excluding hydrogens is 244 g/mol. The number of rotatable bonds is 5. The standard InChI is InChI=1S/C15H22O4/c1-11(16)12-3-4-15(17-2)13(9-12)10-19-14-5-7-18-8-6-14/h3-4,9,11,14,16H,5-8,10H2,1-2H3. The van der Waals surface area contributed by atoms with Gasteiger partial charge >= 0.3 is 0 Å². The molecule has 1 aromatic rings. The molecule has 1 N–H and O–H groups in total. The molecule has 4 heteroatoms. The smallest absolute Gasteiger partial charge is 0.124 e. The fourth-order valence-electron chi connectivity index (χ4n) is 2.22. The van der Waals surface area contributed by atoms with Crippen molar-refractivity contribution in [1.29, 1.82) is 0 Å². The van der Waals surface area contributed by atoms with Crippen molar-refractivity contribution < 1.29 is 19.3 Å². The van der Waals surface area contributed by atoms with Crippen molar-refractivity contribution >= 4 is 0 Å². The van der Waals surface area contributed by atoms with E-state index in [0.717, 1.165) is 42.9 Å². The summed E-state index contributed by atoms with van der Waals surface area (Å²) >= 11 is 0. The molecule has 2 rings (SSSR count). The summed E-state index contributed by atoms with van der Waals surface area (Å²) in [7, 11) is 1.65. The molecule has 1 atom stereocenters. The maximum Gasteiger partial charge on any atom is 0.124 e. The predicted octanol–water partition coefficient (Wildman–Crippen LogP) is 2.44. The lowest BCUT2D eigenvalue weighted by molar-refractivity contribution is -0.0394. The highest BCUT2D eigenvalue weighted by Gasteiger charge is 2.15. The average molecular weight is 266 g/mol. The highest BCUT2D eigenvalue weighted by Crippen LogP contribution is 2.25. The quantitative estimate of drug-likeness (QED) is 0.889. The van der Waals surface area contributed by atoms with Gasteiger partial charge < -0.3 is 19.3 Å². The zero-order valence-corrected chi connectivity index (χ0v) is 11.6. The van der Waals surface area contributed by atoms with Crippen molar-refractivity contribution in [1.82, 2.24) is 0 Å². The molecule has 1 aliphatic heterocycles. The van der Waals surface area contributed by atoms with Gasteiger partial charge in [-0.05, 0) is 37.5 Å². The second-order valence-electron chi connectivity index (χ2n) is 4.87. The summed E-state index contributed by atoms with van der Waals surface area (Å²) in [6, 6.07) is 5.70. The molecule has 1 fully saturated rings. The summed E-state index contributed by atoms with van der Waals surface area (Å²) in [5.41, 5.74) is 1.86. The Labute approximate surface area is 114 Å². The molecule has 0 aromatic heterocycles. The molecule has 0 aliphatic carbocycles. The molecule has 0 radical (unpaired) electrons. The van der Waals surface area contributed by atoms with Crippen LogP contribution in [0.25, 0.3) is 0 Å². The summed E-state index contributed by atoms with van der Waals surface area (Å²) in [5.74, 6) is 0.802. The zero-order valence-electron chi connectivity index (χ0n) is 11.6. The van der Waals surface area contributed by atoms with E-state index in [4.69, 9.17) is 14.2 Å². The van der Waals surface area contributed by atoms with Gasteiger partial charge in [-0.2, -0.15) is 0 Å². The second-order valence-corrected chi connectivity index (χ2v) is 4.87. The first kappa shape index (κ1) is 14.3. The van der Waals surface area contributed by atoms with Crippen LogP contribution in [0.2, 0.25) is 0 Å². The van der Waals surface area contributed by atoms with E-state index in [1.807, 2.05) is 18.2 Å². The molecule has 0 spiro atoms. The van der Waals surface area contributed by atoms with Crippen LogP contribution < -0.4 is 4.74 Å². The van der Waals surface area contributed by atoms with Gasteiger partial charge in [0.2, 0.25) is 0 Å². The topological polar surface area (TPSA) is 47.9 Å². The summed E-state index contributed by atoms with van der Waals surface area (Å²) in [6.07, 6.45) is 1.66. The Morgan fingerprint density at radius 2 is 2.11 bits per heavy atom. The van der Waals surface area contributed by atoms with Crippen LogP contribution in [0.3, 0.4) is 0 Å². The first-order valence-corrected chi connectivity index (χ1v) is 6.75. The number of hydrogen-bond acceptors (Lipinski definition) is 4. The van der Waals surface area contributed by atoms with Crippen LogP contribution in [-0.4, -0.2) is 31.5 Å². The minimum atomic E-state index is -0.479. The molecule has 1 aliphatic rings. The van der Waals surface area contributed by atoms with Crippen LogP contribution in [-0.2, 0) is 16.1 Å². The Bertz CT molecular complexity index is 397. The maximum atomic E-state index is 9.63. The van der Waals surface area contributed by atoms with E-state index in [1.54, 1.807) is 14.0 Å². The van der Waals surface area contributed by atoms with Crippen LogP contribution in [0, 0.1) is 0 Å². The van der Waals surface area contributed by atoms with E-state index in [0.29, 0.717) is 6.61 Å². The molecule has 4 nitrogen and oxygen atoms in total. The molecule has 1 unspecified atom stereocenters. The molecule has 0 amide bonds. The predicted molar refractivity (Wildman–Crippen MR) is 72.3 cm³/mol. The van der Waals surface area contributed by atoms with Crippen LogP contribution in [0.1, 0.15) is 37.0 Å². The number of benzene rings is 1. The van der Waals surface area contributed by atoms with Crippen molar-refractivity contribution in [2.75, 3.05) is 20.3 Å². The number of ether oxygens (including phenoxy) is 3. The van der Waals surface area contributed by atoms with Crippen molar-refractivity contribution in [3.05, 3.63) is 29.3 Å². The Morgan fingerprint density at radius 3 is 2.74 bits per heavy atom. The van der Waals surface area contributed by atoms with Gasteiger partial charge in [0.25, 0.3) is 0 Å². The molecule has 1 saturated heterocycles. The zero-order chi connectivity index (χ0) is 13.7. The lowest BCUT2D eigenvalue weighted by Crippen LogP contribution is -2.23. The van der Waals surface area contributed by atoms with Gasteiger partial charge in [0.1, 0.15) is 5.75 Å². The van der Waals surface area contributed by atoms with Crippen LogP contribution in [0.5, 0.6) is 5.75 Å². The van der Waals surface area contributed by atoms with E-state index in [2.05, 4.69) is 0 Å². The van der Waals surface area contributed by atoms with Crippen LogP contribution >= 0.6 is 0 Å². The molecule has 0 bridgehead atoms. The van der Waals surface area contributed by atoms with Crippen LogP contribution in [0.15, 0.2) is 18.2 Å². The van der Waals surface area contributed by atoms with Gasteiger partial charge in [0, 0.05) is 18.8 Å². The fourth-order valence-corrected chi connectivity index (χ4v) is 2.22. The molecule has 1 aromatic carbocycles. The SMILES string of the molecule is COc1ccc(C(C)O)cc1COC1CCOCC1. The van der Waals surface area contributed by atoms with Crippen molar-refractivity contribution in [2.24, 2.45) is 0 Å². The minimum Gasteiger partial charge on any atom is -0.496 e. The molecular formula is C15H22O4. The van der Waals surface area contributed by atoms with Gasteiger partial charge in [0.05, 0.1) is 25.9 Å². The van der Waals surface area contributed by atoms with Gasteiger partial charge in [-0.3, -0.25) is 0 Å². The summed E-state index contributed by atoms with van der Waals surface area (Å²) in [6.45, 7) is 3.81. The van der Waals surface area contributed by atoms with Gasteiger partial charge in [-0.15, -0.1) is 0 Å². The highest BCUT2D eigenvalue weighted by atomic mass is 16.5. The number of aliphatic hydroxyl groups is 1. The minimum absolute atomic E-state index is 0.258. The van der Waals surface area contributed by atoms with E-state index in [1.165, 1.54) is 0 Å². The lowest BCUT2D eigenvalue weighted by atomic mass is 10.1. The third-order valence-electron chi connectivity index (χ3n) is 3.43. The third kappa shape index (κ3) is 3.93. The Hall–Kier alpha value is -1.10. The molecule has 1 heterocycles. The van der Waals surface area contributed by atoms with Crippen LogP contribution in [0.4, 0.5) is 0 Å². The summed E-state index contributed by atoms with van der Waals surface area (Å²) < 4.78 is 16.5. The van der Waals surface area contributed by atoms with Gasteiger partial charge in [-0.25, -0.2) is 0 Å². The monoisotopic (exact) mass is 266 g/mol. The Balaban J connectivity index is 2.02. The van der Waals surface area contributed by atoms with Gasteiger partial charge in [-0.1, -0.05) is 6.07 Å². The van der Waals surface area contributed by atoms with Gasteiger partial charge in [0.15, 0.2) is 0 Å². The third-order valence-corrected chi connectivity index (χ3v) is 3.43. The van der Waals surface area contributed by atoms with E-state index >= 15 is 0 Å². The molecule has 0 saturated carbocycles. The number of methoxy groups -OCH3 is 1. The highest BCUT2D eigenvalue weighted by molar-refractivity contribution is 5.37. The van der Waals surface area contributed by atoms with Crippen molar-refractivity contribution in [3.8, 4) is 5.75 Å². The lowest BCUT2D eigenvalue weighted by Gasteiger charge is -2.23. The number of aliphatic hydroxyl groups excluding tert-OH is 1. The fraction of sp³-hybridized carbons (Fsp3) is 0.600. The first-order valence-electron chi connectivity index (χ1n) is 6.75. The van der Waals surface area contributed by atoms with E-state index < -0.39 is 6.10 Å². The maximum absolute atomic E-state index is 9.63.